The minimum absolute atomic E-state index is 0.465. The van der Waals surface area contributed by atoms with Gasteiger partial charge in [-0.15, -0.1) is 0 Å². The summed E-state index contributed by atoms with van der Waals surface area (Å²) >= 11 is 0. The first-order chi connectivity index (χ1) is 21.3. The molecule has 0 saturated carbocycles. The van der Waals surface area contributed by atoms with Crippen LogP contribution in [0.2, 0.25) is 0 Å². The van der Waals surface area contributed by atoms with Crippen molar-refractivity contribution in [1.82, 2.24) is 5.32 Å². The van der Waals surface area contributed by atoms with Crippen LogP contribution in [0.3, 0.4) is 0 Å². The zero-order chi connectivity index (χ0) is 31.2. The van der Waals surface area contributed by atoms with Crippen molar-refractivity contribution in [2.75, 3.05) is 19.6 Å². The zero-order valence-electron chi connectivity index (χ0n) is 30.1. The fourth-order valence-corrected chi connectivity index (χ4v) is 6.71. The second kappa shape index (κ2) is 39.9. The third kappa shape index (κ3) is 38.0. The number of nitrogens with one attached hydrogen (secondary N) is 1. The van der Waals surface area contributed by atoms with E-state index in [0.29, 0.717) is 12.6 Å². The molecule has 0 rings (SSSR count). The lowest BCUT2D eigenvalue weighted by molar-refractivity contribution is 0.461. The Kier molecular flexibility index (Phi) is 39.8. The summed E-state index contributed by atoms with van der Waals surface area (Å²) in [6.07, 6.45) is 50.9. The van der Waals surface area contributed by atoms with E-state index in [1.807, 2.05) is 0 Å². The number of nitrogens with two attached hydrogens (primary N) is 2. The van der Waals surface area contributed by atoms with E-state index in [2.05, 4.69) is 12.2 Å². The van der Waals surface area contributed by atoms with E-state index >= 15 is 0 Å². The number of hydrogen-bond donors (Lipinski definition) is 3. The zero-order valence-corrected chi connectivity index (χ0v) is 30.1. The molecule has 0 fully saturated rings. The van der Waals surface area contributed by atoms with Crippen molar-refractivity contribution in [3.63, 3.8) is 0 Å². The van der Waals surface area contributed by atoms with E-state index in [9.17, 15) is 0 Å². The summed E-state index contributed by atoms with van der Waals surface area (Å²) in [5.74, 6) is 0. The molecule has 0 aliphatic rings. The number of rotatable bonds is 39. The van der Waals surface area contributed by atoms with Crippen molar-refractivity contribution in [2.24, 2.45) is 11.5 Å². The van der Waals surface area contributed by atoms with E-state index in [-0.39, 0.29) is 0 Å². The SMILES string of the molecule is CCCCCCCCCCCCCCCCCCCCCCCCCCCCCCCCCCCCC(CN)NCCN. The molecule has 0 aliphatic carbocycles. The Bertz CT molecular complexity index is 469. The molecule has 5 N–H and O–H groups in total. The quantitative estimate of drug-likeness (QED) is 0.0609. The van der Waals surface area contributed by atoms with Gasteiger partial charge in [0.05, 0.1) is 0 Å². The van der Waals surface area contributed by atoms with Gasteiger partial charge in [0, 0.05) is 25.7 Å². The maximum atomic E-state index is 5.83. The summed E-state index contributed by atoms with van der Waals surface area (Å²) in [5, 5.41) is 3.45. The standard InChI is InChI=1S/C40H85N3/c1-2-3-4-5-6-7-8-9-10-11-12-13-14-15-16-17-18-19-20-21-22-23-24-25-26-27-28-29-30-31-32-33-34-35-36-40(39-42)43-38-37-41/h40,43H,2-39,41-42H2,1H3. The van der Waals surface area contributed by atoms with E-state index in [1.54, 1.807) is 0 Å². The van der Waals surface area contributed by atoms with Gasteiger partial charge in [-0.3, -0.25) is 0 Å². The molecule has 1 unspecified atom stereocenters. The summed E-state index contributed by atoms with van der Waals surface area (Å²) in [4.78, 5) is 0. The lowest BCUT2D eigenvalue weighted by atomic mass is 10.0. The van der Waals surface area contributed by atoms with Crippen LogP contribution in [-0.4, -0.2) is 25.7 Å². The Hall–Kier alpha value is -0.120. The summed E-state index contributed by atoms with van der Waals surface area (Å²) in [6, 6.07) is 0.465. The lowest BCUT2D eigenvalue weighted by Crippen LogP contribution is -2.38. The van der Waals surface area contributed by atoms with Crippen molar-refractivity contribution in [3.05, 3.63) is 0 Å². The molecule has 0 radical (unpaired) electrons. The van der Waals surface area contributed by atoms with Crippen LogP contribution >= 0.6 is 0 Å². The van der Waals surface area contributed by atoms with Gasteiger partial charge in [-0.1, -0.05) is 225 Å². The Balaban J connectivity index is 3.08. The molecule has 0 aliphatic heterocycles. The molecular weight excluding hydrogens is 522 g/mol. The molecular formula is C40H85N3. The summed E-state index contributed by atoms with van der Waals surface area (Å²) in [6.45, 7) is 4.64. The average Bonchev–Trinajstić information content (AvgIpc) is 3.02. The number of unbranched alkanes of at least 4 members (excludes halogenated alkanes) is 33. The Morgan fingerprint density at radius 2 is 0.581 bits per heavy atom. The lowest BCUT2D eigenvalue weighted by Gasteiger charge is -2.15. The van der Waals surface area contributed by atoms with Crippen LogP contribution < -0.4 is 16.8 Å². The van der Waals surface area contributed by atoms with Gasteiger partial charge in [-0.05, 0) is 6.42 Å². The van der Waals surface area contributed by atoms with Gasteiger partial charge in [0.15, 0.2) is 0 Å². The highest BCUT2D eigenvalue weighted by Crippen LogP contribution is 2.17. The summed E-state index contributed by atoms with van der Waals surface area (Å²) in [7, 11) is 0. The first kappa shape index (κ1) is 42.9. The molecule has 0 aromatic rings. The van der Waals surface area contributed by atoms with Gasteiger partial charge in [-0.2, -0.15) is 0 Å². The second-order valence-electron chi connectivity index (χ2n) is 14.1. The van der Waals surface area contributed by atoms with Gasteiger partial charge >= 0.3 is 0 Å². The normalized spacial score (nSPS) is 12.3. The molecule has 1 atom stereocenters. The van der Waals surface area contributed by atoms with Crippen molar-refractivity contribution in [2.45, 2.75) is 238 Å². The van der Waals surface area contributed by atoms with Gasteiger partial charge in [0.2, 0.25) is 0 Å². The van der Waals surface area contributed by atoms with Crippen molar-refractivity contribution in [1.29, 1.82) is 0 Å². The van der Waals surface area contributed by atoms with Crippen LogP contribution in [0.4, 0.5) is 0 Å². The van der Waals surface area contributed by atoms with E-state index in [0.717, 1.165) is 13.1 Å². The van der Waals surface area contributed by atoms with Crippen LogP contribution in [0.25, 0.3) is 0 Å². The van der Waals surface area contributed by atoms with Crippen LogP contribution in [-0.2, 0) is 0 Å². The predicted octanol–water partition coefficient (Wildman–Crippen LogP) is 12.5. The third-order valence-electron chi connectivity index (χ3n) is 9.77. The molecule has 0 heterocycles. The molecule has 3 nitrogen and oxygen atoms in total. The topological polar surface area (TPSA) is 64.1 Å². The van der Waals surface area contributed by atoms with E-state index in [1.165, 1.54) is 225 Å². The average molecular weight is 608 g/mol. The monoisotopic (exact) mass is 608 g/mol. The van der Waals surface area contributed by atoms with Crippen LogP contribution in [0, 0.1) is 0 Å². The largest absolute Gasteiger partial charge is 0.329 e. The summed E-state index contributed by atoms with van der Waals surface area (Å²) in [5.41, 5.74) is 11.4. The third-order valence-corrected chi connectivity index (χ3v) is 9.77. The van der Waals surface area contributed by atoms with Crippen molar-refractivity contribution in [3.8, 4) is 0 Å². The number of hydrogen-bond acceptors (Lipinski definition) is 3. The second-order valence-corrected chi connectivity index (χ2v) is 14.1. The Morgan fingerprint density at radius 1 is 0.349 bits per heavy atom. The molecule has 0 amide bonds. The predicted molar refractivity (Wildman–Crippen MR) is 197 cm³/mol. The van der Waals surface area contributed by atoms with Gasteiger partial charge in [0.1, 0.15) is 0 Å². The van der Waals surface area contributed by atoms with E-state index < -0.39 is 0 Å². The van der Waals surface area contributed by atoms with E-state index in [4.69, 9.17) is 11.5 Å². The van der Waals surface area contributed by atoms with Gasteiger partial charge in [0.25, 0.3) is 0 Å². The maximum absolute atomic E-state index is 5.83. The first-order valence-corrected chi connectivity index (χ1v) is 20.5. The Labute approximate surface area is 273 Å². The molecule has 0 aromatic heterocycles. The van der Waals surface area contributed by atoms with Crippen LogP contribution in [0.1, 0.15) is 232 Å². The molecule has 0 saturated heterocycles. The fraction of sp³-hybridized carbons (Fsp3) is 1.00. The maximum Gasteiger partial charge on any atom is 0.0190 e. The molecule has 260 valence electrons. The molecule has 3 heteroatoms. The molecule has 0 aromatic carbocycles. The van der Waals surface area contributed by atoms with Crippen LogP contribution in [0.5, 0.6) is 0 Å². The van der Waals surface area contributed by atoms with Gasteiger partial charge in [-0.25, -0.2) is 0 Å². The Morgan fingerprint density at radius 3 is 0.791 bits per heavy atom. The first-order valence-electron chi connectivity index (χ1n) is 20.5. The van der Waals surface area contributed by atoms with Crippen molar-refractivity contribution < 1.29 is 0 Å². The minimum Gasteiger partial charge on any atom is -0.329 e. The molecule has 0 bridgehead atoms. The fourth-order valence-electron chi connectivity index (χ4n) is 6.71. The highest BCUT2D eigenvalue weighted by Gasteiger charge is 2.04. The highest BCUT2D eigenvalue weighted by molar-refractivity contribution is 4.67. The highest BCUT2D eigenvalue weighted by atomic mass is 14.9. The van der Waals surface area contributed by atoms with Gasteiger partial charge < -0.3 is 16.8 Å². The summed E-state index contributed by atoms with van der Waals surface area (Å²) < 4.78 is 0. The smallest absolute Gasteiger partial charge is 0.0190 e. The van der Waals surface area contributed by atoms with Crippen molar-refractivity contribution >= 4 is 0 Å². The van der Waals surface area contributed by atoms with Crippen LogP contribution in [0.15, 0.2) is 0 Å². The molecule has 43 heavy (non-hydrogen) atoms. The minimum atomic E-state index is 0.465. The molecule has 0 spiro atoms.